The molecule has 0 amide bonds. The van der Waals surface area contributed by atoms with Gasteiger partial charge >= 0.3 is 6.36 Å². The smallest absolute Gasteiger partial charge is 0.406 e. The van der Waals surface area contributed by atoms with E-state index in [1.54, 1.807) is 23.5 Å². The zero-order valence-electron chi connectivity index (χ0n) is 19.0. The lowest BCUT2D eigenvalue weighted by atomic mass is 10.1. The van der Waals surface area contributed by atoms with Crippen molar-refractivity contribution in [1.29, 1.82) is 5.41 Å². The molecule has 0 radical (unpaired) electrons. The van der Waals surface area contributed by atoms with Crippen LogP contribution in [0.4, 0.5) is 24.5 Å². The van der Waals surface area contributed by atoms with Crippen molar-refractivity contribution in [2.45, 2.75) is 24.7 Å². The van der Waals surface area contributed by atoms with E-state index in [1.807, 2.05) is 24.3 Å². The highest BCUT2D eigenvalue weighted by Gasteiger charge is 2.39. The summed E-state index contributed by atoms with van der Waals surface area (Å²) in [6.07, 6.45) is -2.39. The first-order chi connectivity index (χ1) is 17.6. The number of benzene rings is 3. The Hall–Kier alpha value is -3.18. The van der Waals surface area contributed by atoms with Crippen LogP contribution in [0.1, 0.15) is 23.5 Å². The van der Waals surface area contributed by atoms with Gasteiger partial charge in [0.15, 0.2) is 17.3 Å². The Morgan fingerprint density at radius 3 is 2.32 bits per heavy atom. The molecule has 192 valence electrons. The van der Waals surface area contributed by atoms with Crippen LogP contribution in [-0.4, -0.2) is 29.7 Å². The fraction of sp³-hybridized carbons (Fsp3) is 0.160. The SMILES string of the molecule is N=C(N=C[NH2+]c1ccc(OC(F)(F)F)cc1)c1ccc(C2CC2NC(=S)Nc2c(Cl)cccc2Cl)cc1. The van der Waals surface area contributed by atoms with Gasteiger partial charge in [-0.15, -0.1) is 13.2 Å². The first-order valence-corrected chi connectivity index (χ1v) is 12.2. The van der Waals surface area contributed by atoms with Gasteiger partial charge in [0.05, 0.1) is 15.7 Å². The average Bonchev–Trinajstić information content (AvgIpc) is 3.60. The maximum absolute atomic E-state index is 12.2. The summed E-state index contributed by atoms with van der Waals surface area (Å²) in [7, 11) is 0. The molecule has 0 saturated heterocycles. The molecule has 0 aromatic heterocycles. The molecule has 1 fully saturated rings. The van der Waals surface area contributed by atoms with E-state index in [0.717, 1.165) is 12.0 Å². The Balaban J connectivity index is 1.25. The van der Waals surface area contributed by atoms with Crippen LogP contribution in [0.2, 0.25) is 10.0 Å². The molecule has 3 aromatic rings. The largest absolute Gasteiger partial charge is 0.573 e. The molecule has 6 nitrogen and oxygen atoms in total. The predicted octanol–water partition coefficient (Wildman–Crippen LogP) is 5.98. The third-order valence-electron chi connectivity index (χ3n) is 5.50. The summed E-state index contributed by atoms with van der Waals surface area (Å²) in [5, 5.41) is 17.5. The van der Waals surface area contributed by atoms with Gasteiger partial charge in [0, 0.05) is 29.7 Å². The number of ether oxygens (including phenoxy) is 1. The number of hydrogen-bond donors (Lipinski definition) is 4. The second-order valence-electron chi connectivity index (χ2n) is 8.18. The molecule has 0 bridgehead atoms. The lowest BCUT2D eigenvalue weighted by Crippen LogP contribution is -2.76. The van der Waals surface area contributed by atoms with Crippen molar-refractivity contribution in [3.8, 4) is 5.75 Å². The number of hydrogen-bond acceptors (Lipinski definition) is 3. The van der Waals surface area contributed by atoms with Gasteiger partial charge in [0.1, 0.15) is 11.4 Å². The van der Waals surface area contributed by atoms with E-state index in [9.17, 15) is 13.2 Å². The molecule has 2 unspecified atom stereocenters. The molecular formula is C25H21Cl2F3N5OS+. The average molecular weight is 567 g/mol. The zero-order valence-corrected chi connectivity index (χ0v) is 21.3. The van der Waals surface area contributed by atoms with Crippen molar-refractivity contribution in [1.82, 2.24) is 5.32 Å². The van der Waals surface area contributed by atoms with Gasteiger partial charge in [-0.25, -0.2) is 0 Å². The summed E-state index contributed by atoms with van der Waals surface area (Å²) < 4.78 is 40.6. The Kier molecular flexibility index (Phi) is 8.33. The monoisotopic (exact) mass is 566 g/mol. The molecule has 1 aliphatic carbocycles. The summed E-state index contributed by atoms with van der Waals surface area (Å²) >= 11 is 17.7. The number of alkyl halides is 3. The molecule has 5 N–H and O–H groups in total. The minimum atomic E-state index is -4.73. The predicted molar refractivity (Wildman–Crippen MR) is 143 cm³/mol. The highest BCUT2D eigenvalue weighted by atomic mass is 35.5. The molecule has 3 aromatic carbocycles. The van der Waals surface area contributed by atoms with E-state index in [2.05, 4.69) is 20.4 Å². The maximum Gasteiger partial charge on any atom is 0.573 e. The van der Waals surface area contributed by atoms with E-state index in [1.165, 1.54) is 30.6 Å². The number of nitrogens with zero attached hydrogens (tertiary/aromatic N) is 1. The van der Waals surface area contributed by atoms with Gasteiger partial charge in [-0.05, 0) is 48.5 Å². The van der Waals surface area contributed by atoms with Gasteiger partial charge in [0.2, 0.25) is 0 Å². The number of amidine groups is 1. The van der Waals surface area contributed by atoms with Gasteiger partial charge in [-0.3, -0.25) is 10.7 Å². The Bertz CT molecular complexity index is 1300. The Morgan fingerprint density at radius 2 is 1.70 bits per heavy atom. The number of quaternary nitrogens is 1. The van der Waals surface area contributed by atoms with Crippen LogP contribution in [0.15, 0.2) is 71.7 Å². The summed E-state index contributed by atoms with van der Waals surface area (Å²) in [6, 6.07) is 18.3. The van der Waals surface area contributed by atoms with Crippen LogP contribution in [-0.2, 0) is 0 Å². The van der Waals surface area contributed by atoms with Crippen LogP contribution in [0.3, 0.4) is 0 Å². The summed E-state index contributed by atoms with van der Waals surface area (Å²) in [4.78, 5) is 4.10. The third-order valence-corrected chi connectivity index (χ3v) is 6.35. The van der Waals surface area contributed by atoms with Crippen LogP contribution < -0.4 is 20.7 Å². The number of halogens is 5. The number of para-hydroxylation sites is 1. The minimum absolute atomic E-state index is 0.0623. The fourth-order valence-electron chi connectivity index (χ4n) is 3.60. The molecule has 1 saturated carbocycles. The van der Waals surface area contributed by atoms with Gasteiger partial charge in [0.25, 0.3) is 0 Å². The lowest BCUT2D eigenvalue weighted by Gasteiger charge is -2.13. The Labute approximate surface area is 226 Å². The second-order valence-corrected chi connectivity index (χ2v) is 9.40. The number of rotatable bonds is 7. The zero-order chi connectivity index (χ0) is 26.6. The highest BCUT2D eigenvalue weighted by molar-refractivity contribution is 7.80. The fourth-order valence-corrected chi connectivity index (χ4v) is 4.34. The third kappa shape index (κ3) is 7.65. The molecule has 0 spiro atoms. The first-order valence-electron chi connectivity index (χ1n) is 11.0. The van der Waals surface area contributed by atoms with Crippen LogP contribution >= 0.6 is 35.4 Å². The van der Waals surface area contributed by atoms with Crippen LogP contribution in [0, 0.1) is 5.41 Å². The van der Waals surface area contributed by atoms with Crippen molar-refractivity contribution in [2.75, 3.05) is 5.32 Å². The van der Waals surface area contributed by atoms with Crippen molar-refractivity contribution in [2.24, 2.45) is 4.99 Å². The minimum Gasteiger partial charge on any atom is -0.406 e. The summed E-state index contributed by atoms with van der Waals surface area (Å²) in [6.45, 7) is 0. The topological polar surface area (TPSA) is 86.1 Å². The number of anilines is 1. The molecule has 2 atom stereocenters. The van der Waals surface area contributed by atoms with Crippen LogP contribution in [0.25, 0.3) is 0 Å². The van der Waals surface area contributed by atoms with Crippen molar-refractivity contribution in [3.05, 3.63) is 87.9 Å². The van der Waals surface area contributed by atoms with Crippen LogP contribution in [0.5, 0.6) is 5.75 Å². The van der Waals surface area contributed by atoms with E-state index >= 15 is 0 Å². The van der Waals surface area contributed by atoms with E-state index in [0.29, 0.717) is 32.1 Å². The lowest BCUT2D eigenvalue weighted by molar-refractivity contribution is -0.432. The van der Waals surface area contributed by atoms with E-state index < -0.39 is 6.36 Å². The van der Waals surface area contributed by atoms with Gasteiger partial charge in [-0.1, -0.05) is 53.5 Å². The quantitative estimate of drug-likeness (QED) is 0.122. The van der Waals surface area contributed by atoms with Gasteiger partial charge in [-0.2, -0.15) is 4.99 Å². The number of nitrogens with one attached hydrogen (secondary N) is 3. The normalized spacial score (nSPS) is 16.9. The van der Waals surface area contributed by atoms with Crippen molar-refractivity contribution in [3.63, 3.8) is 0 Å². The Morgan fingerprint density at radius 1 is 1.05 bits per heavy atom. The van der Waals surface area contributed by atoms with Crippen molar-refractivity contribution < 1.29 is 23.2 Å². The molecule has 0 aliphatic heterocycles. The number of aliphatic imine (C=N–C) groups is 1. The summed E-state index contributed by atoms with van der Waals surface area (Å²) in [5.41, 5.74) is 2.94. The standard InChI is InChI=1S/C25H20Cl2F3N5OS/c26-19-2-1-3-20(27)22(19)35-24(37)34-21-12-18(21)14-4-6-15(7-5-14)23(31)33-13-32-16-8-10-17(11-9-16)36-25(28,29)30/h1-11,13,18,21H,12H2,(H2,31,32,33)(H2,34,35,37)/p+1. The van der Waals surface area contributed by atoms with E-state index in [4.69, 9.17) is 40.8 Å². The molecular weight excluding hydrogens is 546 g/mol. The van der Waals surface area contributed by atoms with Crippen molar-refractivity contribution >= 4 is 64.1 Å². The molecule has 1 aliphatic rings. The molecule has 0 heterocycles. The van der Waals surface area contributed by atoms with Gasteiger partial charge < -0.3 is 15.4 Å². The first kappa shape index (κ1) is 26.9. The highest BCUT2D eigenvalue weighted by Crippen LogP contribution is 2.41. The number of nitrogens with two attached hydrogens (primary N) is 1. The number of thiocarbonyl (C=S) groups is 1. The molecule has 12 heteroatoms. The molecule has 4 rings (SSSR count). The van der Waals surface area contributed by atoms with E-state index in [-0.39, 0.29) is 23.5 Å². The maximum atomic E-state index is 12.2. The second kappa shape index (κ2) is 11.5. The summed E-state index contributed by atoms with van der Waals surface area (Å²) in [5.74, 6) is 0.0451. The molecule has 37 heavy (non-hydrogen) atoms.